The van der Waals surface area contributed by atoms with Gasteiger partial charge in [0.05, 0.1) is 28.9 Å². The molecule has 0 radical (unpaired) electrons. The summed E-state index contributed by atoms with van der Waals surface area (Å²) in [6.45, 7) is 2.91. The van der Waals surface area contributed by atoms with Gasteiger partial charge in [-0.3, -0.25) is 9.59 Å². The molecule has 1 N–H and O–H groups in total. The molecule has 1 amide bonds. The Morgan fingerprint density at radius 3 is 2.47 bits per heavy atom. The van der Waals surface area contributed by atoms with Crippen molar-refractivity contribution < 1.29 is 24.2 Å². The highest BCUT2D eigenvalue weighted by atomic mass is 16.5. The molecule has 0 aliphatic carbocycles. The molecule has 3 aromatic carbocycles. The van der Waals surface area contributed by atoms with Crippen LogP contribution in [0, 0.1) is 6.92 Å². The highest BCUT2D eigenvalue weighted by molar-refractivity contribution is 6.02. The summed E-state index contributed by atoms with van der Waals surface area (Å²) in [5.74, 6) is -0.662. The zero-order valence-electron chi connectivity index (χ0n) is 23.5. The number of hydrogen-bond acceptors (Lipinski definition) is 6. The second-order valence-electron chi connectivity index (χ2n) is 11.2. The third kappa shape index (κ3) is 4.72. The van der Waals surface area contributed by atoms with Crippen LogP contribution in [0.5, 0.6) is 5.75 Å². The lowest BCUT2D eigenvalue weighted by Crippen LogP contribution is -2.52. The van der Waals surface area contributed by atoms with Crippen LogP contribution in [0.15, 0.2) is 85.1 Å². The summed E-state index contributed by atoms with van der Waals surface area (Å²) in [6, 6.07) is 24.2. The number of aromatic nitrogens is 3. The molecule has 0 unspecified atom stereocenters. The summed E-state index contributed by atoms with van der Waals surface area (Å²) in [5.41, 5.74) is 4.52. The summed E-state index contributed by atoms with van der Waals surface area (Å²) in [5, 5.41) is 14.9. The first kappa shape index (κ1) is 26.6. The van der Waals surface area contributed by atoms with E-state index >= 15 is 0 Å². The Kier molecular flexibility index (Phi) is 6.30. The van der Waals surface area contributed by atoms with Crippen LogP contribution >= 0.6 is 0 Å². The van der Waals surface area contributed by atoms with Gasteiger partial charge in [-0.15, -0.1) is 0 Å². The minimum Gasteiger partial charge on any atom is -0.486 e. The van der Waals surface area contributed by atoms with Gasteiger partial charge in [0, 0.05) is 43.1 Å². The number of Topliss-reactive ketones (excluding diaryl/α,β-unsaturated/α-hetero) is 1. The van der Waals surface area contributed by atoms with Crippen molar-refractivity contribution in [3.63, 3.8) is 0 Å². The van der Waals surface area contributed by atoms with Gasteiger partial charge < -0.3 is 14.7 Å². The Labute approximate surface area is 247 Å². The fraction of sp³-hybridized carbons (Fsp3) is 0.206. The molecular formula is C34H28N4O5. The Morgan fingerprint density at radius 1 is 0.930 bits per heavy atom. The van der Waals surface area contributed by atoms with Gasteiger partial charge in [0.2, 0.25) is 0 Å². The summed E-state index contributed by atoms with van der Waals surface area (Å²) >= 11 is 0. The van der Waals surface area contributed by atoms with E-state index < -0.39 is 11.6 Å². The fourth-order valence-electron chi connectivity index (χ4n) is 6.15. The SMILES string of the molecule is Cc1nn(-c2ccccc2)c2ccc(C(=O)N3CCC4(CC3)CC(=O)c3cc(-c5ccnc(C(=O)O)c5)ccc3O4)cc12. The van der Waals surface area contributed by atoms with Crippen molar-refractivity contribution in [2.75, 3.05) is 13.1 Å². The number of rotatable bonds is 4. The summed E-state index contributed by atoms with van der Waals surface area (Å²) in [6.07, 6.45) is 2.76. The van der Waals surface area contributed by atoms with Gasteiger partial charge in [0.1, 0.15) is 17.0 Å². The summed E-state index contributed by atoms with van der Waals surface area (Å²) in [7, 11) is 0. The molecule has 0 atom stereocenters. The van der Waals surface area contributed by atoms with E-state index in [1.165, 1.54) is 12.3 Å². The molecule has 1 fully saturated rings. The molecule has 4 heterocycles. The standard InChI is InChI=1S/C34H28N4O5/c1-21-26-18-24(7-9-29(26)38(36-21)25-5-3-2-4-6-25)32(40)37-15-12-34(13-16-37)20-30(39)27-17-22(8-10-31(27)43-34)23-11-14-35-28(19-23)33(41)42/h2-11,14,17-19H,12-13,15-16,20H2,1H3,(H,41,42). The van der Waals surface area contributed by atoms with Crippen LogP contribution in [0.2, 0.25) is 0 Å². The number of aryl methyl sites for hydroxylation is 1. The van der Waals surface area contributed by atoms with Gasteiger partial charge in [-0.05, 0) is 72.6 Å². The molecule has 2 aliphatic heterocycles. The number of carboxylic acids is 1. The van der Waals surface area contributed by atoms with Crippen LogP contribution in [0.25, 0.3) is 27.7 Å². The minimum absolute atomic E-state index is 0.0215. The van der Waals surface area contributed by atoms with Crippen LogP contribution in [0.1, 0.15) is 56.2 Å². The summed E-state index contributed by atoms with van der Waals surface area (Å²) < 4.78 is 8.35. The molecule has 5 aromatic rings. The van der Waals surface area contributed by atoms with Gasteiger partial charge >= 0.3 is 5.97 Å². The van der Waals surface area contributed by atoms with Gasteiger partial charge in [-0.2, -0.15) is 5.10 Å². The van der Waals surface area contributed by atoms with E-state index in [2.05, 4.69) is 4.98 Å². The number of piperidine rings is 1. The Bertz CT molecular complexity index is 1920. The molecule has 2 aliphatic rings. The first-order chi connectivity index (χ1) is 20.8. The van der Waals surface area contributed by atoms with E-state index in [1.54, 1.807) is 18.2 Å². The molecule has 1 saturated heterocycles. The van der Waals surface area contributed by atoms with Crippen molar-refractivity contribution in [2.45, 2.75) is 31.8 Å². The first-order valence-corrected chi connectivity index (χ1v) is 14.2. The number of pyridine rings is 1. The number of likely N-dealkylation sites (tertiary alicyclic amines) is 1. The maximum absolute atomic E-state index is 13.6. The normalized spacial score (nSPS) is 15.7. The van der Waals surface area contributed by atoms with Crippen LogP contribution < -0.4 is 4.74 Å². The molecule has 9 heteroatoms. The predicted octanol–water partition coefficient (Wildman–Crippen LogP) is 5.73. The number of para-hydroxylation sites is 1. The van der Waals surface area contributed by atoms with Crippen molar-refractivity contribution in [2.24, 2.45) is 0 Å². The Balaban J connectivity index is 1.07. The van der Waals surface area contributed by atoms with Crippen molar-refractivity contribution >= 4 is 28.6 Å². The minimum atomic E-state index is -1.11. The zero-order valence-corrected chi connectivity index (χ0v) is 23.5. The predicted molar refractivity (Wildman–Crippen MR) is 160 cm³/mol. The fourth-order valence-corrected chi connectivity index (χ4v) is 6.15. The number of carbonyl (C=O) groups is 3. The number of ether oxygens (including phenoxy) is 1. The molecular weight excluding hydrogens is 544 g/mol. The Hall–Kier alpha value is -5.31. The second-order valence-corrected chi connectivity index (χ2v) is 11.2. The molecule has 0 saturated carbocycles. The van der Waals surface area contributed by atoms with E-state index in [9.17, 15) is 19.5 Å². The lowest BCUT2D eigenvalue weighted by molar-refractivity contribution is -0.00570. The maximum atomic E-state index is 13.6. The lowest BCUT2D eigenvalue weighted by Gasteiger charge is -2.44. The van der Waals surface area contributed by atoms with Crippen molar-refractivity contribution in [3.8, 4) is 22.6 Å². The number of aromatic carboxylic acids is 1. The molecule has 9 nitrogen and oxygen atoms in total. The number of carbonyl (C=O) groups excluding carboxylic acids is 2. The third-order valence-corrected chi connectivity index (χ3v) is 8.48. The van der Waals surface area contributed by atoms with Crippen molar-refractivity contribution in [1.82, 2.24) is 19.7 Å². The number of benzene rings is 3. The number of nitrogens with zero attached hydrogens (tertiary/aromatic N) is 4. The zero-order chi connectivity index (χ0) is 29.7. The number of carboxylic acid groups (broad SMARTS) is 1. The summed E-state index contributed by atoms with van der Waals surface area (Å²) in [4.78, 5) is 43.9. The Morgan fingerprint density at radius 2 is 1.70 bits per heavy atom. The molecule has 1 spiro atoms. The van der Waals surface area contributed by atoms with Crippen LogP contribution in [0.3, 0.4) is 0 Å². The topological polar surface area (TPSA) is 115 Å². The van der Waals surface area contributed by atoms with Crippen molar-refractivity contribution in [1.29, 1.82) is 0 Å². The van der Waals surface area contributed by atoms with Gasteiger partial charge in [0.25, 0.3) is 5.91 Å². The number of amides is 1. The van der Waals surface area contributed by atoms with E-state index in [0.29, 0.717) is 48.4 Å². The maximum Gasteiger partial charge on any atom is 0.354 e. The van der Waals surface area contributed by atoms with E-state index in [0.717, 1.165) is 27.8 Å². The number of hydrogen-bond donors (Lipinski definition) is 1. The smallest absolute Gasteiger partial charge is 0.354 e. The lowest BCUT2D eigenvalue weighted by atomic mass is 9.82. The van der Waals surface area contributed by atoms with Gasteiger partial charge in [-0.1, -0.05) is 24.3 Å². The third-order valence-electron chi connectivity index (χ3n) is 8.48. The van der Waals surface area contributed by atoms with Gasteiger partial charge in [-0.25, -0.2) is 14.5 Å². The highest BCUT2D eigenvalue weighted by Crippen LogP contribution is 2.41. The molecule has 43 heavy (non-hydrogen) atoms. The average molecular weight is 573 g/mol. The monoisotopic (exact) mass is 572 g/mol. The molecule has 2 aromatic heterocycles. The van der Waals surface area contributed by atoms with Crippen molar-refractivity contribution in [3.05, 3.63) is 108 Å². The van der Waals surface area contributed by atoms with Crippen LogP contribution in [0.4, 0.5) is 0 Å². The molecule has 7 rings (SSSR count). The molecule has 214 valence electrons. The number of ketones is 1. The van der Waals surface area contributed by atoms with Gasteiger partial charge in [0.15, 0.2) is 5.78 Å². The van der Waals surface area contributed by atoms with Crippen LogP contribution in [-0.4, -0.2) is 61.1 Å². The largest absolute Gasteiger partial charge is 0.486 e. The van der Waals surface area contributed by atoms with E-state index in [-0.39, 0.29) is 23.8 Å². The van der Waals surface area contributed by atoms with E-state index in [1.807, 2.05) is 71.1 Å². The average Bonchev–Trinajstić information content (AvgIpc) is 3.37. The molecule has 0 bridgehead atoms. The second kappa shape index (κ2) is 10.2. The van der Waals surface area contributed by atoms with Crippen LogP contribution in [-0.2, 0) is 0 Å². The first-order valence-electron chi connectivity index (χ1n) is 14.2. The number of fused-ring (bicyclic) bond motifs is 2. The highest BCUT2D eigenvalue weighted by Gasteiger charge is 2.44. The van der Waals surface area contributed by atoms with E-state index in [4.69, 9.17) is 9.84 Å². The quantitative estimate of drug-likeness (QED) is 0.292.